The van der Waals surface area contributed by atoms with Gasteiger partial charge in [0, 0.05) is 11.6 Å². The fourth-order valence-electron chi connectivity index (χ4n) is 1.54. The van der Waals surface area contributed by atoms with Crippen molar-refractivity contribution < 1.29 is 22.6 Å². The predicted octanol–water partition coefficient (Wildman–Crippen LogP) is 2.60. The van der Waals surface area contributed by atoms with Gasteiger partial charge in [0.1, 0.15) is 18.5 Å². The first kappa shape index (κ1) is 13.5. The molecule has 0 radical (unpaired) electrons. The van der Waals surface area contributed by atoms with E-state index in [4.69, 9.17) is 21.1 Å². The summed E-state index contributed by atoms with van der Waals surface area (Å²) in [6.45, 7) is 0.166. The molecule has 0 saturated carbocycles. The highest BCUT2D eigenvalue weighted by molar-refractivity contribution is 6.30. The third-order valence-electron chi connectivity index (χ3n) is 2.41. The van der Waals surface area contributed by atoms with Crippen LogP contribution in [0.4, 0.5) is 13.2 Å². The Morgan fingerprint density at radius 1 is 1.33 bits per heavy atom. The van der Waals surface area contributed by atoms with Gasteiger partial charge in [-0.05, 0) is 24.3 Å². The monoisotopic (exact) mass is 281 g/mol. The van der Waals surface area contributed by atoms with E-state index in [-0.39, 0.29) is 13.2 Å². The highest BCUT2D eigenvalue weighted by Crippen LogP contribution is 2.25. The van der Waals surface area contributed by atoms with Gasteiger partial charge < -0.3 is 9.47 Å². The number of alkyl halides is 3. The summed E-state index contributed by atoms with van der Waals surface area (Å²) in [5.41, 5.74) is 0. The van der Waals surface area contributed by atoms with Gasteiger partial charge in [0.05, 0.1) is 0 Å². The maximum absolute atomic E-state index is 12.3. The second kappa shape index (κ2) is 5.34. The van der Waals surface area contributed by atoms with E-state index >= 15 is 0 Å². The summed E-state index contributed by atoms with van der Waals surface area (Å²) in [7, 11) is 0. The smallest absolute Gasteiger partial charge is 0.428 e. The summed E-state index contributed by atoms with van der Waals surface area (Å²) in [4.78, 5) is 0. The maximum Gasteiger partial charge on any atom is 0.428 e. The minimum absolute atomic E-state index is 0.0568. The molecule has 1 N–H and O–H groups in total. The lowest BCUT2D eigenvalue weighted by Crippen LogP contribution is -2.38. The van der Waals surface area contributed by atoms with Gasteiger partial charge in [-0.1, -0.05) is 11.6 Å². The molecule has 3 nitrogen and oxygen atoms in total. The van der Waals surface area contributed by atoms with E-state index in [2.05, 4.69) is 5.32 Å². The average molecular weight is 282 g/mol. The van der Waals surface area contributed by atoms with Crippen molar-refractivity contribution in [2.75, 3.05) is 13.2 Å². The van der Waals surface area contributed by atoms with Gasteiger partial charge in [0.25, 0.3) is 0 Å². The van der Waals surface area contributed by atoms with Crippen molar-refractivity contribution >= 4 is 11.6 Å². The molecule has 2 unspecified atom stereocenters. The summed E-state index contributed by atoms with van der Waals surface area (Å²) < 4.78 is 47.0. The highest BCUT2D eigenvalue weighted by Gasteiger charge is 2.45. The number of rotatable bonds is 3. The third kappa shape index (κ3) is 3.51. The Balaban J connectivity index is 1.80. The van der Waals surface area contributed by atoms with Gasteiger partial charge in [-0.2, -0.15) is 13.2 Å². The van der Waals surface area contributed by atoms with Gasteiger partial charge >= 0.3 is 6.18 Å². The van der Waals surface area contributed by atoms with Crippen LogP contribution < -0.4 is 10.1 Å². The van der Waals surface area contributed by atoms with E-state index in [0.29, 0.717) is 10.8 Å². The lowest BCUT2D eigenvalue weighted by molar-refractivity contribution is -0.221. The van der Waals surface area contributed by atoms with Gasteiger partial charge in [0.15, 0.2) is 0 Å². The third-order valence-corrected chi connectivity index (χ3v) is 2.66. The van der Waals surface area contributed by atoms with E-state index in [1.165, 1.54) is 0 Å². The van der Waals surface area contributed by atoms with Crippen LogP contribution in [-0.2, 0) is 4.74 Å². The number of benzene rings is 1. The molecule has 1 aromatic carbocycles. The minimum atomic E-state index is -4.39. The molecule has 1 fully saturated rings. The molecule has 1 saturated heterocycles. The number of hydrogen-bond acceptors (Lipinski definition) is 3. The zero-order valence-corrected chi connectivity index (χ0v) is 9.96. The van der Waals surface area contributed by atoms with Gasteiger partial charge in [-0.15, -0.1) is 0 Å². The molecule has 1 heterocycles. The predicted molar refractivity (Wildman–Crippen MR) is 59.7 cm³/mol. The fraction of sp³-hybridized carbons (Fsp3) is 0.455. The molecule has 1 aliphatic rings. The van der Waals surface area contributed by atoms with Crippen LogP contribution >= 0.6 is 11.6 Å². The van der Waals surface area contributed by atoms with E-state index in [0.717, 1.165) is 0 Å². The molecule has 0 aliphatic carbocycles. The van der Waals surface area contributed by atoms with Crippen LogP contribution in [0.2, 0.25) is 5.02 Å². The molecule has 18 heavy (non-hydrogen) atoms. The zero-order chi connectivity index (χ0) is 13.2. The molecule has 1 aromatic rings. The van der Waals surface area contributed by atoms with Crippen molar-refractivity contribution in [2.24, 2.45) is 0 Å². The molecule has 100 valence electrons. The number of hydrogen-bond donors (Lipinski definition) is 1. The van der Waals surface area contributed by atoms with Crippen molar-refractivity contribution in [3.63, 3.8) is 0 Å². The molecule has 0 spiro atoms. The fourth-order valence-corrected chi connectivity index (χ4v) is 1.66. The topological polar surface area (TPSA) is 30.5 Å². The van der Waals surface area contributed by atoms with Crippen LogP contribution in [0.3, 0.4) is 0 Å². The van der Waals surface area contributed by atoms with Crippen LogP contribution in [0, 0.1) is 0 Å². The van der Waals surface area contributed by atoms with Crippen molar-refractivity contribution in [2.45, 2.75) is 18.5 Å². The minimum Gasteiger partial charge on any atom is -0.491 e. The van der Waals surface area contributed by atoms with Gasteiger partial charge in [-0.25, -0.2) is 0 Å². The molecule has 2 atom stereocenters. The van der Waals surface area contributed by atoms with E-state index in [1.807, 2.05) is 0 Å². The Morgan fingerprint density at radius 2 is 2.00 bits per heavy atom. The quantitative estimate of drug-likeness (QED) is 0.924. The van der Waals surface area contributed by atoms with Crippen LogP contribution in [0.5, 0.6) is 5.75 Å². The van der Waals surface area contributed by atoms with Crippen molar-refractivity contribution in [3.8, 4) is 5.75 Å². The van der Waals surface area contributed by atoms with Crippen LogP contribution in [0.25, 0.3) is 0 Å². The van der Waals surface area contributed by atoms with Crippen LogP contribution in [0.15, 0.2) is 24.3 Å². The second-order valence-corrected chi connectivity index (χ2v) is 4.29. The Kier molecular flexibility index (Phi) is 3.99. The van der Waals surface area contributed by atoms with Crippen molar-refractivity contribution in [3.05, 3.63) is 29.3 Å². The average Bonchev–Trinajstić information content (AvgIpc) is 2.77. The first-order chi connectivity index (χ1) is 8.45. The van der Waals surface area contributed by atoms with E-state index in [9.17, 15) is 13.2 Å². The summed E-state index contributed by atoms with van der Waals surface area (Å²) in [6, 6.07) is 6.57. The van der Waals surface area contributed by atoms with Crippen molar-refractivity contribution in [1.82, 2.24) is 5.32 Å². The van der Waals surface area contributed by atoms with Crippen LogP contribution in [0.1, 0.15) is 0 Å². The SMILES string of the molecule is FC(F)(F)C1NCC(COc2ccc(Cl)cc2)O1. The zero-order valence-electron chi connectivity index (χ0n) is 9.21. The molecular formula is C11H11ClF3NO2. The lowest BCUT2D eigenvalue weighted by atomic mass is 10.3. The van der Waals surface area contributed by atoms with Crippen LogP contribution in [-0.4, -0.2) is 31.7 Å². The molecule has 0 amide bonds. The molecule has 0 bridgehead atoms. The Morgan fingerprint density at radius 3 is 2.56 bits per heavy atom. The molecule has 1 aliphatic heterocycles. The first-order valence-electron chi connectivity index (χ1n) is 5.29. The van der Waals surface area contributed by atoms with Crippen molar-refractivity contribution in [1.29, 1.82) is 0 Å². The summed E-state index contributed by atoms with van der Waals surface area (Å²) >= 11 is 5.69. The number of ether oxygens (including phenoxy) is 2. The second-order valence-electron chi connectivity index (χ2n) is 3.85. The lowest BCUT2D eigenvalue weighted by Gasteiger charge is -2.15. The number of halogens is 4. The van der Waals surface area contributed by atoms with E-state index < -0.39 is 18.5 Å². The maximum atomic E-state index is 12.3. The summed E-state index contributed by atoms with van der Waals surface area (Å²) in [5.74, 6) is 0.540. The summed E-state index contributed by atoms with van der Waals surface area (Å²) in [5, 5.41) is 2.81. The molecule has 0 aromatic heterocycles. The highest BCUT2D eigenvalue weighted by atomic mass is 35.5. The largest absolute Gasteiger partial charge is 0.491 e. The Hall–Kier alpha value is -0.980. The molecule has 2 rings (SSSR count). The normalized spacial score (nSPS) is 24.2. The summed E-state index contributed by atoms with van der Waals surface area (Å²) in [6.07, 6.45) is -6.92. The molecule has 7 heteroatoms. The standard InChI is InChI=1S/C11H11ClF3NO2/c12-7-1-3-8(4-2-7)17-6-9-5-16-10(18-9)11(13,14)15/h1-4,9-10,16H,5-6H2. The van der Waals surface area contributed by atoms with Gasteiger partial charge in [0.2, 0.25) is 6.23 Å². The van der Waals surface area contributed by atoms with Gasteiger partial charge in [-0.3, -0.25) is 5.32 Å². The number of nitrogens with one attached hydrogen (secondary N) is 1. The molecular weight excluding hydrogens is 271 g/mol. The Labute approximate surface area is 107 Å². The first-order valence-corrected chi connectivity index (χ1v) is 5.67. The Bertz CT molecular complexity index is 396. The van der Waals surface area contributed by atoms with E-state index in [1.54, 1.807) is 24.3 Å².